The molecule has 0 saturated carbocycles. The topological polar surface area (TPSA) is 72.8 Å². The third-order valence-corrected chi connectivity index (χ3v) is 4.33. The van der Waals surface area contributed by atoms with E-state index in [-0.39, 0.29) is 5.56 Å². The molecule has 0 aliphatic heterocycles. The Hall–Kier alpha value is -3.68. The van der Waals surface area contributed by atoms with Crippen LogP contribution in [0, 0.1) is 11.6 Å². The van der Waals surface area contributed by atoms with Crippen molar-refractivity contribution in [1.82, 2.24) is 20.2 Å². The maximum absolute atomic E-state index is 14.3. The minimum Gasteiger partial charge on any atom is -0.494 e. The first kappa shape index (κ1) is 17.7. The van der Waals surface area contributed by atoms with Gasteiger partial charge in [-0.1, -0.05) is 12.1 Å². The Bertz CT molecular complexity index is 1170. The summed E-state index contributed by atoms with van der Waals surface area (Å²) in [7, 11) is 3.22. The summed E-state index contributed by atoms with van der Waals surface area (Å²) < 4.78 is 33.5. The second-order valence-electron chi connectivity index (χ2n) is 5.95. The molecule has 0 saturated heterocycles. The quantitative estimate of drug-likeness (QED) is 0.576. The summed E-state index contributed by atoms with van der Waals surface area (Å²) in [6.45, 7) is 0. The predicted molar refractivity (Wildman–Crippen MR) is 102 cm³/mol. The number of nitrogens with one attached hydrogen (secondary N) is 1. The standard InChI is InChI=1S/C20H15F2N5O/c1-23-20-14-8-12(13-4-3-5-15(21)17(13)22)9-16(28-2)18(14)26-19(27-20)11-6-7-24-25-10-11/h3-10H,1-2H3,(H,23,26,27). The van der Waals surface area contributed by atoms with Crippen LogP contribution in [0.2, 0.25) is 0 Å². The van der Waals surface area contributed by atoms with E-state index in [1.54, 1.807) is 37.6 Å². The molecule has 0 atom stereocenters. The molecule has 0 amide bonds. The number of rotatable bonds is 4. The first-order valence-electron chi connectivity index (χ1n) is 8.41. The summed E-state index contributed by atoms with van der Waals surface area (Å²) >= 11 is 0. The molecule has 4 rings (SSSR count). The third kappa shape index (κ3) is 2.98. The number of aromatic nitrogens is 4. The Morgan fingerprint density at radius 2 is 1.86 bits per heavy atom. The number of fused-ring (bicyclic) bond motifs is 1. The first-order chi connectivity index (χ1) is 13.6. The number of ether oxygens (including phenoxy) is 1. The average Bonchev–Trinajstić information content (AvgIpc) is 2.74. The van der Waals surface area contributed by atoms with Crippen molar-refractivity contribution in [3.05, 3.63) is 60.4 Å². The van der Waals surface area contributed by atoms with Crippen LogP contribution in [0.25, 0.3) is 33.4 Å². The Kier molecular flexibility index (Phi) is 4.52. The van der Waals surface area contributed by atoms with E-state index in [0.717, 1.165) is 6.07 Å². The van der Waals surface area contributed by atoms with Crippen LogP contribution in [0.5, 0.6) is 5.75 Å². The molecule has 1 N–H and O–H groups in total. The highest BCUT2D eigenvalue weighted by Crippen LogP contribution is 2.36. The van der Waals surface area contributed by atoms with Gasteiger partial charge in [-0.15, -0.1) is 0 Å². The minimum absolute atomic E-state index is 0.129. The minimum atomic E-state index is -0.921. The molecule has 4 aromatic rings. The number of hydrogen-bond donors (Lipinski definition) is 1. The molecule has 0 aliphatic rings. The number of nitrogens with zero attached hydrogens (tertiary/aromatic N) is 4. The van der Waals surface area contributed by atoms with E-state index in [1.165, 1.54) is 19.2 Å². The van der Waals surface area contributed by atoms with Crippen LogP contribution in [0.3, 0.4) is 0 Å². The molecule has 6 nitrogen and oxygen atoms in total. The third-order valence-electron chi connectivity index (χ3n) is 4.33. The summed E-state index contributed by atoms with van der Waals surface area (Å²) in [5, 5.41) is 11.3. The van der Waals surface area contributed by atoms with Gasteiger partial charge in [-0.2, -0.15) is 10.2 Å². The SMILES string of the molecule is CNc1nc(-c2ccnnc2)nc2c(OC)cc(-c3cccc(F)c3F)cc12. The lowest BCUT2D eigenvalue weighted by atomic mass is 10.0. The number of anilines is 1. The first-order valence-corrected chi connectivity index (χ1v) is 8.41. The van der Waals surface area contributed by atoms with E-state index in [9.17, 15) is 8.78 Å². The molecule has 2 aromatic heterocycles. The second kappa shape index (κ2) is 7.15. The lowest BCUT2D eigenvalue weighted by molar-refractivity contribution is 0.419. The van der Waals surface area contributed by atoms with E-state index >= 15 is 0 Å². The van der Waals surface area contributed by atoms with Gasteiger partial charge in [0.15, 0.2) is 17.5 Å². The lowest BCUT2D eigenvalue weighted by Gasteiger charge is -2.13. The number of hydrogen-bond acceptors (Lipinski definition) is 6. The Morgan fingerprint density at radius 1 is 1.00 bits per heavy atom. The summed E-state index contributed by atoms with van der Waals surface area (Å²) in [5.74, 6) is -0.459. The number of benzene rings is 2. The van der Waals surface area contributed by atoms with Crippen molar-refractivity contribution >= 4 is 16.7 Å². The van der Waals surface area contributed by atoms with Crippen molar-refractivity contribution in [1.29, 1.82) is 0 Å². The summed E-state index contributed by atoms with van der Waals surface area (Å²) in [6.07, 6.45) is 3.11. The zero-order valence-corrected chi connectivity index (χ0v) is 15.1. The zero-order chi connectivity index (χ0) is 19.7. The van der Waals surface area contributed by atoms with Crippen LogP contribution in [-0.2, 0) is 0 Å². The van der Waals surface area contributed by atoms with Gasteiger partial charge in [0, 0.05) is 23.6 Å². The van der Waals surface area contributed by atoms with Gasteiger partial charge in [-0.3, -0.25) is 0 Å². The van der Waals surface area contributed by atoms with Crippen molar-refractivity contribution < 1.29 is 13.5 Å². The van der Waals surface area contributed by atoms with Gasteiger partial charge >= 0.3 is 0 Å². The number of halogens is 2. The fourth-order valence-corrected chi connectivity index (χ4v) is 2.98. The van der Waals surface area contributed by atoms with E-state index < -0.39 is 11.6 Å². The summed E-state index contributed by atoms with van der Waals surface area (Å²) in [5.41, 5.74) is 1.81. The Balaban J connectivity index is 2.00. The van der Waals surface area contributed by atoms with Crippen LogP contribution >= 0.6 is 0 Å². The van der Waals surface area contributed by atoms with Gasteiger partial charge in [-0.05, 0) is 29.8 Å². The summed E-state index contributed by atoms with van der Waals surface area (Å²) in [6, 6.07) is 9.12. The van der Waals surface area contributed by atoms with Gasteiger partial charge in [-0.25, -0.2) is 18.7 Å². The van der Waals surface area contributed by atoms with E-state index in [4.69, 9.17) is 4.74 Å². The molecule has 140 valence electrons. The van der Waals surface area contributed by atoms with Crippen molar-refractivity contribution in [2.75, 3.05) is 19.5 Å². The molecule has 2 heterocycles. The largest absolute Gasteiger partial charge is 0.494 e. The predicted octanol–water partition coefficient (Wildman–Crippen LogP) is 4.08. The van der Waals surface area contributed by atoms with Crippen molar-refractivity contribution in [3.63, 3.8) is 0 Å². The normalized spacial score (nSPS) is 10.9. The fourth-order valence-electron chi connectivity index (χ4n) is 2.98. The molecule has 0 spiro atoms. The van der Waals surface area contributed by atoms with Crippen LogP contribution < -0.4 is 10.1 Å². The molecule has 0 fully saturated rings. The highest BCUT2D eigenvalue weighted by Gasteiger charge is 2.17. The Morgan fingerprint density at radius 3 is 2.57 bits per heavy atom. The van der Waals surface area contributed by atoms with E-state index in [0.29, 0.717) is 39.4 Å². The second-order valence-corrected chi connectivity index (χ2v) is 5.95. The highest BCUT2D eigenvalue weighted by atomic mass is 19.2. The van der Waals surface area contributed by atoms with Gasteiger partial charge < -0.3 is 10.1 Å². The molecule has 8 heteroatoms. The van der Waals surface area contributed by atoms with Gasteiger partial charge in [0.05, 0.1) is 19.5 Å². The van der Waals surface area contributed by atoms with Gasteiger partial charge in [0.2, 0.25) is 0 Å². The molecule has 0 radical (unpaired) electrons. The van der Waals surface area contributed by atoms with E-state index in [2.05, 4.69) is 25.5 Å². The van der Waals surface area contributed by atoms with Crippen LogP contribution in [0.15, 0.2) is 48.8 Å². The van der Waals surface area contributed by atoms with E-state index in [1.807, 2.05) is 0 Å². The lowest BCUT2D eigenvalue weighted by Crippen LogP contribution is -2.01. The van der Waals surface area contributed by atoms with Crippen molar-refractivity contribution in [2.45, 2.75) is 0 Å². The monoisotopic (exact) mass is 379 g/mol. The summed E-state index contributed by atoms with van der Waals surface area (Å²) in [4.78, 5) is 9.11. The maximum Gasteiger partial charge on any atom is 0.166 e. The number of methoxy groups -OCH3 is 1. The molecule has 2 aromatic carbocycles. The van der Waals surface area contributed by atoms with Crippen LogP contribution in [0.1, 0.15) is 0 Å². The van der Waals surface area contributed by atoms with Gasteiger partial charge in [0.1, 0.15) is 17.1 Å². The molecular formula is C20H15F2N5O. The van der Waals surface area contributed by atoms with Crippen LogP contribution in [0.4, 0.5) is 14.6 Å². The zero-order valence-electron chi connectivity index (χ0n) is 15.1. The molecule has 0 aliphatic carbocycles. The highest BCUT2D eigenvalue weighted by molar-refractivity contribution is 5.97. The smallest absolute Gasteiger partial charge is 0.166 e. The Labute approximate surface area is 159 Å². The fraction of sp³-hybridized carbons (Fsp3) is 0.100. The maximum atomic E-state index is 14.3. The van der Waals surface area contributed by atoms with Crippen LogP contribution in [-0.4, -0.2) is 34.3 Å². The molecule has 0 unspecified atom stereocenters. The average molecular weight is 379 g/mol. The molecule has 28 heavy (non-hydrogen) atoms. The van der Waals surface area contributed by atoms with Gasteiger partial charge in [0.25, 0.3) is 0 Å². The molecular weight excluding hydrogens is 364 g/mol. The molecule has 0 bridgehead atoms. The van der Waals surface area contributed by atoms with Crippen molar-refractivity contribution in [2.24, 2.45) is 0 Å². The van der Waals surface area contributed by atoms with Crippen molar-refractivity contribution in [3.8, 4) is 28.3 Å².